The highest BCUT2D eigenvalue weighted by Crippen LogP contribution is 2.33. The molecule has 0 spiro atoms. The Balaban J connectivity index is 2.00. The number of benzene rings is 1. The molecule has 2 amide bonds. The number of rotatable bonds is 6. The second-order valence-electron chi connectivity index (χ2n) is 5.23. The lowest BCUT2D eigenvalue weighted by molar-refractivity contribution is -0.0495. The third kappa shape index (κ3) is 4.52. The molecule has 1 saturated carbocycles. The van der Waals surface area contributed by atoms with Crippen LogP contribution in [0.4, 0.5) is 23.7 Å². The van der Waals surface area contributed by atoms with Crippen molar-refractivity contribution in [1.82, 2.24) is 4.90 Å². The van der Waals surface area contributed by atoms with E-state index in [0.29, 0.717) is 0 Å². The number of anilines is 1. The normalized spacial score (nSPS) is 15.5. The van der Waals surface area contributed by atoms with Crippen LogP contribution in [0, 0.1) is 11.7 Å². The number of alkyl halides is 2. The summed E-state index contributed by atoms with van der Waals surface area (Å²) >= 11 is 0. The van der Waals surface area contributed by atoms with Gasteiger partial charge in [0.1, 0.15) is 5.82 Å². The molecule has 1 aliphatic carbocycles. The average molecular weight is 318 g/mol. The number of halogens is 3. The first-order valence-corrected chi connectivity index (χ1v) is 6.81. The molecule has 1 fully saturated rings. The van der Waals surface area contributed by atoms with Gasteiger partial charge in [-0.25, -0.2) is 9.18 Å². The summed E-state index contributed by atoms with van der Waals surface area (Å²) in [6.07, 6.45) is 1.25. The van der Waals surface area contributed by atoms with Crippen molar-refractivity contribution < 1.29 is 27.8 Å². The fourth-order valence-corrected chi connectivity index (χ4v) is 2.00. The van der Waals surface area contributed by atoms with E-state index in [4.69, 9.17) is 0 Å². The molecule has 0 heterocycles. The highest BCUT2D eigenvalue weighted by atomic mass is 19.3. The van der Waals surface area contributed by atoms with Crippen LogP contribution in [0.3, 0.4) is 0 Å². The second-order valence-corrected chi connectivity index (χ2v) is 5.23. The average Bonchev–Trinajstić information content (AvgIpc) is 3.25. The number of likely N-dealkylation sites (N-methyl/N-ethyl adjacent to an activating group) is 1. The van der Waals surface area contributed by atoms with E-state index in [1.807, 2.05) is 0 Å². The molecule has 8 heteroatoms. The maximum atomic E-state index is 13.1. The van der Waals surface area contributed by atoms with Gasteiger partial charge >= 0.3 is 12.6 Å². The largest absolute Gasteiger partial charge is 0.432 e. The number of ether oxygens (including phenoxy) is 1. The van der Waals surface area contributed by atoms with Crippen LogP contribution < -0.4 is 10.1 Å². The second kappa shape index (κ2) is 6.87. The number of aliphatic hydroxyl groups excluding tert-OH is 1. The molecule has 0 saturated heterocycles. The first-order valence-electron chi connectivity index (χ1n) is 6.81. The number of urea groups is 1. The predicted octanol–water partition coefficient (Wildman–Crippen LogP) is 2.66. The van der Waals surface area contributed by atoms with Gasteiger partial charge in [0.15, 0.2) is 5.75 Å². The number of hydrogen-bond donors (Lipinski definition) is 2. The van der Waals surface area contributed by atoms with Gasteiger partial charge in [0.2, 0.25) is 0 Å². The third-order valence-corrected chi connectivity index (χ3v) is 3.38. The van der Waals surface area contributed by atoms with Crippen LogP contribution in [0.2, 0.25) is 0 Å². The van der Waals surface area contributed by atoms with Crippen molar-refractivity contribution in [2.75, 3.05) is 18.9 Å². The fourth-order valence-electron chi connectivity index (χ4n) is 2.00. The monoisotopic (exact) mass is 318 g/mol. The molecular weight excluding hydrogens is 301 g/mol. The van der Waals surface area contributed by atoms with E-state index in [1.54, 1.807) is 0 Å². The molecule has 1 aliphatic rings. The molecule has 1 aromatic rings. The molecule has 1 aromatic carbocycles. The highest BCUT2D eigenvalue weighted by Gasteiger charge is 2.31. The Kier molecular flexibility index (Phi) is 5.12. The molecule has 122 valence electrons. The van der Waals surface area contributed by atoms with E-state index in [9.17, 15) is 23.1 Å². The van der Waals surface area contributed by atoms with Crippen molar-refractivity contribution in [2.45, 2.75) is 25.6 Å². The van der Waals surface area contributed by atoms with E-state index >= 15 is 0 Å². The molecule has 1 atom stereocenters. The molecule has 0 radical (unpaired) electrons. The Morgan fingerprint density at radius 2 is 2.18 bits per heavy atom. The summed E-state index contributed by atoms with van der Waals surface area (Å²) in [5.74, 6) is -1.01. The molecule has 1 unspecified atom stereocenters. The van der Waals surface area contributed by atoms with E-state index < -0.39 is 30.3 Å². The quantitative estimate of drug-likeness (QED) is 0.848. The van der Waals surface area contributed by atoms with Crippen molar-refractivity contribution in [2.24, 2.45) is 5.92 Å². The summed E-state index contributed by atoms with van der Waals surface area (Å²) < 4.78 is 41.9. The Labute approximate surface area is 125 Å². The molecule has 22 heavy (non-hydrogen) atoms. The van der Waals surface area contributed by atoms with Crippen LogP contribution in [0.1, 0.15) is 12.8 Å². The van der Waals surface area contributed by atoms with Crippen molar-refractivity contribution in [1.29, 1.82) is 0 Å². The minimum Gasteiger partial charge on any atom is -0.432 e. The number of nitrogens with one attached hydrogen (secondary N) is 1. The Morgan fingerprint density at radius 1 is 1.50 bits per heavy atom. The zero-order chi connectivity index (χ0) is 16.3. The van der Waals surface area contributed by atoms with E-state index in [-0.39, 0.29) is 18.2 Å². The molecule has 2 N–H and O–H groups in total. The van der Waals surface area contributed by atoms with Crippen LogP contribution in [0.15, 0.2) is 18.2 Å². The standard InChI is InChI=1S/C14H17F3N2O3/c1-19(7-11(20)8-2-3-8)14(21)18-10-5-4-9(15)6-12(10)22-13(16)17/h4-6,8,11,13,20H,2-3,7H2,1H3,(H,18,21). The van der Waals surface area contributed by atoms with Crippen LogP contribution in [-0.4, -0.2) is 42.3 Å². The van der Waals surface area contributed by atoms with Gasteiger partial charge in [0, 0.05) is 19.7 Å². The van der Waals surface area contributed by atoms with Crippen LogP contribution >= 0.6 is 0 Å². The summed E-state index contributed by atoms with van der Waals surface area (Å²) in [5.41, 5.74) is -0.0699. The first kappa shape index (κ1) is 16.4. The van der Waals surface area contributed by atoms with Gasteiger partial charge in [-0.1, -0.05) is 0 Å². The summed E-state index contributed by atoms with van der Waals surface area (Å²) in [5, 5.41) is 12.1. The van der Waals surface area contributed by atoms with Gasteiger partial charge in [-0.2, -0.15) is 8.78 Å². The fraction of sp³-hybridized carbons (Fsp3) is 0.500. The number of hydrogen-bond acceptors (Lipinski definition) is 3. The SMILES string of the molecule is CN(CC(O)C1CC1)C(=O)Nc1ccc(F)cc1OC(F)F. The molecule has 0 aromatic heterocycles. The summed E-state index contributed by atoms with van der Waals surface area (Å²) in [6, 6.07) is 2.31. The van der Waals surface area contributed by atoms with Crippen LogP contribution in [0.5, 0.6) is 5.75 Å². The number of nitrogens with zero attached hydrogens (tertiary/aromatic N) is 1. The van der Waals surface area contributed by atoms with Gasteiger partial charge in [-0.15, -0.1) is 0 Å². The first-order chi connectivity index (χ1) is 10.4. The predicted molar refractivity (Wildman–Crippen MR) is 73.4 cm³/mol. The van der Waals surface area contributed by atoms with Gasteiger partial charge in [-0.05, 0) is 30.9 Å². The van der Waals surface area contributed by atoms with E-state index in [0.717, 1.165) is 31.0 Å². The number of carbonyl (C=O) groups excluding carboxylic acids is 1. The zero-order valence-corrected chi connectivity index (χ0v) is 11.9. The molecular formula is C14H17F3N2O3. The van der Waals surface area contributed by atoms with Crippen molar-refractivity contribution >= 4 is 11.7 Å². The third-order valence-electron chi connectivity index (χ3n) is 3.38. The molecule has 2 rings (SSSR count). The minimum absolute atomic E-state index is 0.0699. The number of amides is 2. The van der Waals surface area contributed by atoms with Gasteiger partial charge < -0.3 is 20.1 Å². The van der Waals surface area contributed by atoms with Gasteiger partial charge in [-0.3, -0.25) is 0 Å². The smallest absolute Gasteiger partial charge is 0.387 e. The van der Waals surface area contributed by atoms with Crippen molar-refractivity contribution in [3.05, 3.63) is 24.0 Å². The minimum atomic E-state index is -3.13. The molecule has 0 bridgehead atoms. The van der Waals surface area contributed by atoms with E-state index in [2.05, 4.69) is 10.1 Å². The summed E-state index contributed by atoms with van der Waals surface area (Å²) in [7, 11) is 1.47. The number of aliphatic hydroxyl groups is 1. The highest BCUT2D eigenvalue weighted by molar-refractivity contribution is 5.90. The number of carbonyl (C=O) groups is 1. The van der Waals surface area contributed by atoms with Crippen molar-refractivity contribution in [3.63, 3.8) is 0 Å². The van der Waals surface area contributed by atoms with Crippen molar-refractivity contribution in [3.8, 4) is 5.75 Å². The van der Waals surface area contributed by atoms with E-state index in [1.165, 1.54) is 11.9 Å². The summed E-state index contributed by atoms with van der Waals surface area (Å²) in [6.45, 7) is -3.00. The van der Waals surface area contributed by atoms with Crippen LogP contribution in [-0.2, 0) is 0 Å². The maximum Gasteiger partial charge on any atom is 0.387 e. The van der Waals surface area contributed by atoms with Gasteiger partial charge in [0.25, 0.3) is 0 Å². The summed E-state index contributed by atoms with van der Waals surface area (Å²) in [4.78, 5) is 13.2. The Bertz CT molecular complexity index is 538. The van der Waals surface area contributed by atoms with Gasteiger partial charge in [0.05, 0.1) is 11.8 Å². The zero-order valence-electron chi connectivity index (χ0n) is 11.9. The Morgan fingerprint density at radius 3 is 2.77 bits per heavy atom. The molecule has 0 aliphatic heterocycles. The lowest BCUT2D eigenvalue weighted by atomic mass is 10.2. The Hall–Kier alpha value is -1.96. The lowest BCUT2D eigenvalue weighted by Gasteiger charge is -2.22. The molecule has 5 nitrogen and oxygen atoms in total. The van der Waals surface area contributed by atoms with Crippen LogP contribution in [0.25, 0.3) is 0 Å². The lowest BCUT2D eigenvalue weighted by Crippen LogP contribution is -2.38. The maximum absolute atomic E-state index is 13.1. The topological polar surface area (TPSA) is 61.8 Å².